The number of benzene rings is 1. The van der Waals surface area contributed by atoms with Crippen LogP contribution in [-0.2, 0) is 0 Å². The Kier molecular flexibility index (Phi) is 5.11. The zero-order chi connectivity index (χ0) is 17.1. The molecular weight excluding hydrogens is 347 g/mol. The fourth-order valence-corrected chi connectivity index (χ4v) is 2.86. The smallest absolute Gasteiger partial charge is 0.321 e. The number of hydrogen-bond donors (Lipinski definition) is 1. The van der Waals surface area contributed by atoms with Gasteiger partial charge < -0.3 is 15.1 Å². The third-order valence-corrected chi connectivity index (χ3v) is 4.70. The molecule has 1 saturated heterocycles. The predicted octanol–water partition coefficient (Wildman–Crippen LogP) is 4.05. The molecule has 3 rings (SSSR count). The molecular formula is C17H18Cl2N4O. The van der Waals surface area contributed by atoms with E-state index in [1.807, 2.05) is 25.3 Å². The van der Waals surface area contributed by atoms with Crippen LogP contribution in [0, 0.1) is 6.92 Å². The SMILES string of the molecule is Cc1ccc(N2CCN(C(=O)Nc3ccc(Cl)c(Cl)c3)CC2)nc1. The Labute approximate surface area is 151 Å². The molecule has 1 aliphatic rings. The zero-order valence-corrected chi connectivity index (χ0v) is 14.8. The Balaban J connectivity index is 1.56. The summed E-state index contributed by atoms with van der Waals surface area (Å²) in [5.74, 6) is 0.949. The van der Waals surface area contributed by atoms with Crippen LogP contribution in [0.4, 0.5) is 16.3 Å². The number of nitrogens with one attached hydrogen (secondary N) is 1. The van der Waals surface area contributed by atoms with Crippen molar-refractivity contribution < 1.29 is 4.79 Å². The van der Waals surface area contributed by atoms with Crippen molar-refractivity contribution >= 4 is 40.7 Å². The maximum absolute atomic E-state index is 12.4. The average Bonchev–Trinajstić information content (AvgIpc) is 2.59. The van der Waals surface area contributed by atoms with Gasteiger partial charge in [-0.2, -0.15) is 0 Å². The van der Waals surface area contributed by atoms with Gasteiger partial charge >= 0.3 is 6.03 Å². The van der Waals surface area contributed by atoms with Crippen molar-refractivity contribution in [1.29, 1.82) is 0 Å². The Morgan fingerprint density at radius 3 is 2.46 bits per heavy atom. The largest absolute Gasteiger partial charge is 0.353 e. The molecule has 0 bridgehead atoms. The molecule has 0 unspecified atom stereocenters. The average molecular weight is 365 g/mol. The van der Waals surface area contributed by atoms with Gasteiger partial charge in [-0.05, 0) is 36.8 Å². The normalized spacial score (nSPS) is 14.6. The highest BCUT2D eigenvalue weighted by molar-refractivity contribution is 6.42. The summed E-state index contributed by atoms with van der Waals surface area (Å²) in [6.45, 7) is 4.81. The zero-order valence-electron chi connectivity index (χ0n) is 13.3. The predicted molar refractivity (Wildman–Crippen MR) is 98.2 cm³/mol. The van der Waals surface area contributed by atoms with Gasteiger partial charge in [0.05, 0.1) is 10.0 Å². The molecule has 2 aromatic rings. The minimum absolute atomic E-state index is 0.134. The second-order valence-electron chi connectivity index (χ2n) is 5.73. The van der Waals surface area contributed by atoms with Crippen LogP contribution in [0.1, 0.15) is 5.56 Å². The molecule has 0 radical (unpaired) electrons. The van der Waals surface area contributed by atoms with Crippen molar-refractivity contribution in [1.82, 2.24) is 9.88 Å². The van der Waals surface area contributed by atoms with Crippen LogP contribution in [0.25, 0.3) is 0 Å². The lowest BCUT2D eigenvalue weighted by Crippen LogP contribution is -2.50. The first-order chi connectivity index (χ1) is 11.5. The first-order valence-corrected chi connectivity index (χ1v) is 8.47. The van der Waals surface area contributed by atoms with E-state index in [4.69, 9.17) is 23.2 Å². The Hall–Kier alpha value is -1.98. The summed E-state index contributed by atoms with van der Waals surface area (Å²) < 4.78 is 0. The van der Waals surface area contributed by atoms with Crippen molar-refractivity contribution in [2.45, 2.75) is 6.92 Å². The number of nitrogens with zero attached hydrogens (tertiary/aromatic N) is 3. The van der Waals surface area contributed by atoms with Crippen LogP contribution < -0.4 is 10.2 Å². The van der Waals surface area contributed by atoms with Crippen molar-refractivity contribution in [2.75, 3.05) is 36.4 Å². The lowest BCUT2D eigenvalue weighted by atomic mass is 10.2. The van der Waals surface area contributed by atoms with Crippen LogP contribution >= 0.6 is 23.2 Å². The maximum Gasteiger partial charge on any atom is 0.321 e. The van der Waals surface area contributed by atoms with Gasteiger partial charge in [0.15, 0.2) is 0 Å². The summed E-state index contributed by atoms with van der Waals surface area (Å²) in [6, 6.07) is 8.98. The molecule has 5 nitrogen and oxygen atoms in total. The van der Waals surface area contributed by atoms with Gasteiger partial charge in [-0.3, -0.25) is 0 Å². The Morgan fingerprint density at radius 1 is 1.08 bits per heavy atom. The van der Waals surface area contributed by atoms with Crippen molar-refractivity contribution in [2.24, 2.45) is 0 Å². The number of urea groups is 1. The molecule has 1 aromatic heterocycles. The van der Waals surface area contributed by atoms with Gasteiger partial charge in [0.25, 0.3) is 0 Å². The number of carbonyl (C=O) groups excluding carboxylic acids is 1. The van der Waals surface area contributed by atoms with E-state index in [0.717, 1.165) is 24.5 Å². The summed E-state index contributed by atoms with van der Waals surface area (Å²) in [5.41, 5.74) is 1.77. The van der Waals surface area contributed by atoms with Crippen molar-refractivity contribution in [3.8, 4) is 0 Å². The number of pyridine rings is 1. The van der Waals surface area contributed by atoms with E-state index >= 15 is 0 Å². The third kappa shape index (κ3) is 3.91. The topological polar surface area (TPSA) is 48.5 Å². The third-order valence-electron chi connectivity index (χ3n) is 3.96. The number of hydrogen-bond acceptors (Lipinski definition) is 3. The maximum atomic E-state index is 12.4. The number of rotatable bonds is 2. The summed E-state index contributed by atoms with van der Waals surface area (Å²) >= 11 is 11.9. The standard InChI is InChI=1S/C17H18Cl2N4O/c1-12-2-5-16(20-11-12)22-6-8-23(9-7-22)17(24)21-13-3-4-14(18)15(19)10-13/h2-5,10-11H,6-9H2,1H3,(H,21,24). The molecule has 0 saturated carbocycles. The first-order valence-electron chi connectivity index (χ1n) is 7.71. The molecule has 1 aromatic carbocycles. The van der Waals surface area contributed by atoms with Gasteiger partial charge in [0.1, 0.15) is 5.82 Å². The van der Waals surface area contributed by atoms with Gasteiger partial charge in [-0.15, -0.1) is 0 Å². The van der Waals surface area contributed by atoms with Crippen LogP contribution in [0.15, 0.2) is 36.5 Å². The molecule has 0 aliphatic carbocycles. The highest BCUT2D eigenvalue weighted by atomic mass is 35.5. The number of aromatic nitrogens is 1. The molecule has 24 heavy (non-hydrogen) atoms. The number of piperazine rings is 1. The second kappa shape index (κ2) is 7.28. The van der Waals surface area contributed by atoms with Crippen LogP contribution in [0.3, 0.4) is 0 Å². The molecule has 0 atom stereocenters. The van der Waals surface area contributed by atoms with Gasteiger partial charge in [-0.1, -0.05) is 29.3 Å². The minimum Gasteiger partial charge on any atom is -0.353 e. The fraction of sp³-hybridized carbons (Fsp3) is 0.294. The number of anilines is 2. The van der Waals surface area contributed by atoms with Crippen LogP contribution in [0.5, 0.6) is 0 Å². The monoisotopic (exact) mass is 364 g/mol. The number of halogens is 2. The summed E-state index contributed by atoms with van der Waals surface area (Å²) in [5, 5.41) is 3.74. The fourth-order valence-electron chi connectivity index (χ4n) is 2.56. The summed E-state index contributed by atoms with van der Waals surface area (Å²) in [7, 11) is 0. The van der Waals surface area contributed by atoms with E-state index in [-0.39, 0.29) is 6.03 Å². The lowest BCUT2D eigenvalue weighted by Gasteiger charge is -2.35. The quantitative estimate of drug-likeness (QED) is 0.874. The molecule has 1 aliphatic heterocycles. The van der Waals surface area contributed by atoms with Crippen molar-refractivity contribution in [3.05, 3.63) is 52.1 Å². The van der Waals surface area contributed by atoms with Crippen LogP contribution in [-0.4, -0.2) is 42.1 Å². The molecule has 1 fully saturated rings. The van der Waals surface area contributed by atoms with E-state index < -0.39 is 0 Å². The van der Waals surface area contributed by atoms with E-state index in [0.29, 0.717) is 28.8 Å². The van der Waals surface area contributed by atoms with Crippen LogP contribution in [0.2, 0.25) is 10.0 Å². The van der Waals surface area contributed by atoms with E-state index in [2.05, 4.69) is 15.2 Å². The molecule has 1 N–H and O–H groups in total. The molecule has 0 spiro atoms. The van der Waals surface area contributed by atoms with Gasteiger partial charge in [0, 0.05) is 38.1 Å². The molecule has 2 amide bonds. The van der Waals surface area contributed by atoms with Crippen molar-refractivity contribution in [3.63, 3.8) is 0 Å². The summed E-state index contributed by atoms with van der Waals surface area (Å²) in [4.78, 5) is 20.8. The van der Waals surface area contributed by atoms with E-state index in [1.54, 1.807) is 23.1 Å². The number of carbonyl (C=O) groups is 1. The lowest BCUT2D eigenvalue weighted by molar-refractivity contribution is 0.208. The van der Waals surface area contributed by atoms with E-state index in [1.165, 1.54) is 0 Å². The molecule has 2 heterocycles. The Morgan fingerprint density at radius 2 is 1.83 bits per heavy atom. The van der Waals surface area contributed by atoms with Gasteiger partial charge in [0.2, 0.25) is 0 Å². The van der Waals surface area contributed by atoms with Gasteiger partial charge in [-0.25, -0.2) is 9.78 Å². The van der Waals surface area contributed by atoms with E-state index in [9.17, 15) is 4.79 Å². The molecule has 7 heteroatoms. The number of amides is 2. The Bertz CT molecular complexity index is 728. The minimum atomic E-state index is -0.134. The first kappa shape index (κ1) is 16.9. The highest BCUT2D eigenvalue weighted by Crippen LogP contribution is 2.25. The second-order valence-corrected chi connectivity index (χ2v) is 6.54. The highest BCUT2D eigenvalue weighted by Gasteiger charge is 2.22. The summed E-state index contributed by atoms with van der Waals surface area (Å²) in [6.07, 6.45) is 1.86. The number of aryl methyl sites for hydroxylation is 1. The molecule has 126 valence electrons.